The van der Waals surface area contributed by atoms with Gasteiger partial charge < -0.3 is 10.3 Å². The summed E-state index contributed by atoms with van der Waals surface area (Å²) in [5.41, 5.74) is 8.69. The van der Waals surface area contributed by atoms with Gasteiger partial charge in [0.25, 0.3) is 0 Å². The van der Waals surface area contributed by atoms with Gasteiger partial charge in [0.05, 0.1) is 0 Å². The average Bonchev–Trinajstić information content (AvgIpc) is 2.32. The van der Waals surface area contributed by atoms with Crippen molar-refractivity contribution in [1.82, 2.24) is 4.57 Å². The Hall–Kier alpha value is -1.15. The Bertz CT molecular complexity index is 471. The molecule has 0 atom stereocenters. The number of anilines is 1. The molecule has 2 nitrogen and oxygen atoms in total. The molecule has 0 aliphatic heterocycles. The highest BCUT2D eigenvalue weighted by atomic mass is 35.5. The molecule has 2 aromatic rings. The van der Waals surface area contributed by atoms with Crippen LogP contribution in [0.2, 0.25) is 5.15 Å². The molecule has 2 N–H and O–H groups in total. The van der Waals surface area contributed by atoms with Crippen LogP contribution in [-0.2, 0) is 7.05 Å². The largest absolute Gasteiger partial charge is 0.399 e. The van der Waals surface area contributed by atoms with Crippen molar-refractivity contribution in [1.29, 1.82) is 0 Å². The molecular weight excluding hydrogens is 184 g/mol. The predicted octanol–water partition coefficient (Wildman–Crippen LogP) is 2.72. The normalized spacial score (nSPS) is 11.0. The maximum atomic E-state index is 6.10. The minimum absolute atomic E-state index is 0.776. The van der Waals surface area contributed by atoms with Crippen molar-refractivity contribution < 1.29 is 0 Å². The number of aryl methyl sites for hydroxylation is 2. The van der Waals surface area contributed by atoms with E-state index >= 15 is 0 Å². The number of hydrogen-bond donors (Lipinski definition) is 1. The lowest BCUT2D eigenvalue weighted by atomic mass is 10.2. The molecule has 0 radical (unpaired) electrons. The molecule has 3 heteroatoms. The summed E-state index contributed by atoms with van der Waals surface area (Å²) in [7, 11) is 1.95. The second-order valence-electron chi connectivity index (χ2n) is 3.25. The first-order valence-electron chi connectivity index (χ1n) is 4.11. The summed E-state index contributed by atoms with van der Waals surface area (Å²) in [6.07, 6.45) is 0. The van der Waals surface area contributed by atoms with E-state index in [9.17, 15) is 0 Å². The fourth-order valence-electron chi connectivity index (χ4n) is 1.61. The van der Waals surface area contributed by atoms with Crippen LogP contribution in [0.25, 0.3) is 10.9 Å². The number of nitrogen functional groups attached to an aromatic ring is 1. The smallest absolute Gasteiger partial charge is 0.112 e. The van der Waals surface area contributed by atoms with Crippen molar-refractivity contribution in [3.05, 3.63) is 28.9 Å². The molecule has 1 aromatic heterocycles. The molecule has 0 aliphatic rings. The quantitative estimate of drug-likeness (QED) is 0.643. The van der Waals surface area contributed by atoms with Crippen LogP contribution in [0.4, 0.5) is 5.69 Å². The van der Waals surface area contributed by atoms with Crippen LogP contribution in [0.5, 0.6) is 0 Å². The summed E-state index contributed by atoms with van der Waals surface area (Å²) in [6.45, 7) is 2.00. The van der Waals surface area contributed by atoms with Gasteiger partial charge in [-0.2, -0.15) is 0 Å². The first-order valence-corrected chi connectivity index (χ1v) is 4.49. The highest BCUT2D eigenvalue weighted by Gasteiger charge is 2.08. The molecule has 0 saturated heterocycles. The Morgan fingerprint density at radius 2 is 2.08 bits per heavy atom. The van der Waals surface area contributed by atoms with E-state index in [4.69, 9.17) is 17.3 Å². The summed E-state index contributed by atoms with van der Waals surface area (Å²) in [5, 5.41) is 1.91. The maximum Gasteiger partial charge on any atom is 0.112 e. The molecule has 0 unspecified atom stereocenters. The molecule has 0 aliphatic carbocycles. The predicted molar refractivity (Wildman–Crippen MR) is 57.1 cm³/mol. The summed E-state index contributed by atoms with van der Waals surface area (Å²) in [6, 6.07) is 5.83. The average molecular weight is 195 g/mol. The van der Waals surface area contributed by atoms with Gasteiger partial charge in [-0.05, 0) is 30.7 Å². The van der Waals surface area contributed by atoms with Crippen molar-refractivity contribution in [2.24, 2.45) is 7.05 Å². The number of aromatic nitrogens is 1. The summed E-state index contributed by atoms with van der Waals surface area (Å²) in [5.74, 6) is 0. The van der Waals surface area contributed by atoms with Gasteiger partial charge >= 0.3 is 0 Å². The van der Waals surface area contributed by atoms with Crippen LogP contribution in [0.1, 0.15) is 5.56 Å². The van der Waals surface area contributed by atoms with Gasteiger partial charge in [0.1, 0.15) is 5.15 Å². The number of hydrogen-bond acceptors (Lipinski definition) is 1. The highest BCUT2D eigenvalue weighted by Crippen LogP contribution is 2.29. The monoisotopic (exact) mass is 194 g/mol. The van der Waals surface area contributed by atoms with Gasteiger partial charge in [-0.15, -0.1) is 0 Å². The van der Waals surface area contributed by atoms with Crippen LogP contribution < -0.4 is 5.73 Å². The zero-order valence-corrected chi connectivity index (χ0v) is 8.39. The van der Waals surface area contributed by atoms with Crippen LogP contribution >= 0.6 is 11.6 Å². The van der Waals surface area contributed by atoms with Crippen LogP contribution in [0.3, 0.4) is 0 Å². The third-order valence-electron chi connectivity index (χ3n) is 2.39. The lowest BCUT2D eigenvalue weighted by Gasteiger charge is -1.97. The Morgan fingerprint density at radius 1 is 1.38 bits per heavy atom. The number of benzene rings is 1. The first-order chi connectivity index (χ1) is 6.11. The van der Waals surface area contributed by atoms with Crippen LogP contribution in [-0.4, -0.2) is 4.57 Å². The van der Waals surface area contributed by atoms with E-state index in [1.54, 1.807) is 0 Å². The number of halogens is 1. The van der Waals surface area contributed by atoms with E-state index in [-0.39, 0.29) is 0 Å². The number of nitrogens with two attached hydrogens (primary N) is 1. The van der Waals surface area contributed by atoms with Gasteiger partial charge in [-0.3, -0.25) is 0 Å². The van der Waals surface area contributed by atoms with E-state index in [1.807, 2.05) is 36.7 Å². The summed E-state index contributed by atoms with van der Waals surface area (Å²) >= 11 is 6.10. The third kappa shape index (κ3) is 1.10. The molecular formula is C10H11ClN2. The molecule has 0 fully saturated rings. The fraction of sp³-hybridized carbons (Fsp3) is 0.200. The topological polar surface area (TPSA) is 30.9 Å². The Labute approximate surface area is 81.9 Å². The fourth-order valence-corrected chi connectivity index (χ4v) is 1.81. The zero-order chi connectivity index (χ0) is 9.59. The molecule has 0 spiro atoms. The van der Waals surface area contributed by atoms with E-state index < -0.39 is 0 Å². The standard InChI is InChI=1S/C10H11ClN2/c1-6-8-5-7(12)3-4-9(8)13(2)10(6)11/h3-5H,12H2,1-2H3. The van der Waals surface area contributed by atoms with Crippen molar-refractivity contribution in [2.75, 3.05) is 5.73 Å². The van der Waals surface area contributed by atoms with Crippen molar-refractivity contribution in [2.45, 2.75) is 6.92 Å². The molecule has 68 valence electrons. The molecule has 1 heterocycles. The lowest BCUT2D eigenvalue weighted by molar-refractivity contribution is 0.965. The number of nitrogens with zero attached hydrogens (tertiary/aromatic N) is 1. The molecule has 0 amide bonds. The van der Waals surface area contributed by atoms with Gasteiger partial charge in [-0.1, -0.05) is 11.6 Å². The Balaban J connectivity index is 2.95. The second kappa shape index (κ2) is 2.67. The van der Waals surface area contributed by atoms with E-state index in [0.29, 0.717) is 0 Å². The van der Waals surface area contributed by atoms with Gasteiger partial charge in [0, 0.05) is 23.6 Å². The van der Waals surface area contributed by atoms with Gasteiger partial charge in [0.15, 0.2) is 0 Å². The van der Waals surface area contributed by atoms with E-state index in [1.165, 1.54) is 0 Å². The van der Waals surface area contributed by atoms with Crippen molar-refractivity contribution in [3.8, 4) is 0 Å². The Kier molecular flexibility index (Phi) is 1.74. The first kappa shape index (κ1) is 8.45. The minimum Gasteiger partial charge on any atom is -0.399 e. The Morgan fingerprint density at radius 3 is 2.77 bits per heavy atom. The van der Waals surface area contributed by atoms with Crippen LogP contribution in [0, 0.1) is 6.92 Å². The molecule has 2 rings (SSSR count). The van der Waals surface area contributed by atoms with E-state index in [0.717, 1.165) is 27.3 Å². The van der Waals surface area contributed by atoms with Crippen molar-refractivity contribution >= 4 is 28.2 Å². The summed E-state index contributed by atoms with van der Waals surface area (Å²) < 4.78 is 1.96. The molecule has 1 aromatic carbocycles. The van der Waals surface area contributed by atoms with Gasteiger partial charge in [0.2, 0.25) is 0 Å². The van der Waals surface area contributed by atoms with E-state index in [2.05, 4.69) is 0 Å². The highest BCUT2D eigenvalue weighted by molar-refractivity contribution is 6.32. The lowest BCUT2D eigenvalue weighted by Crippen LogP contribution is -1.87. The van der Waals surface area contributed by atoms with Crippen LogP contribution in [0.15, 0.2) is 18.2 Å². The molecule has 0 saturated carbocycles. The van der Waals surface area contributed by atoms with Crippen molar-refractivity contribution in [3.63, 3.8) is 0 Å². The molecule has 13 heavy (non-hydrogen) atoms. The summed E-state index contributed by atoms with van der Waals surface area (Å²) in [4.78, 5) is 0. The number of fused-ring (bicyclic) bond motifs is 1. The molecule has 0 bridgehead atoms. The second-order valence-corrected chi connectivity index (χ2v) is 3.61. The maximum absolute atomic E-state index is 6.10. The minimum atomic E-state index is 0.776. The third-order valence-corrected chi connectivity index (χ3v) is 2.93. The number of rotatable bonds is 0. The van der Waals surface area contributed by atoms with Gasteiger partial charge in [-0.25, -0.2) is 0 Å². The SMILES string of the molecule is Cc1c(Cl)n(C)c2ccc(N)cc12. The zero-order valence-electron chi connectivity index (χ0n) is 7.63.